The SMILES string of the molecule is Cc1ccc(CC(=S)C(C)C)cc1. The van der Waals surface area contributed by atoms with E-state index < -0.39 is 0 Å². The highest BCUT2D eigenvalue weighted by Crippen LogP contribution is 2.08. The predicted molar refractivity (Wildman–Crippen MR) is 62.3 cm³/mol. The van der Waals surface area contributed by atoms with E-state index in [2.05, 4.69) is 45.0 Å². The fraction of sp³-hybridized carbons (Fsp3) is 0.417. The molecule has 70 valence electrons. The zero-order valence-corrected chi connectivity index (χ0v) is 9.32. The maximum atomic E-state index is 5.29. The molecule has 0 N–H and O–H groups in total. The fourth-order valence-electron chi connectivity index (χ4n) is 1.11. The van der Waals surface area contributed by atoms with Crippen LogP contribution >= 0.6 is 12.2 Å². The van der Waals surface area contributed by atoms with E-state index in [1.165, 1.54) is 11.1 Å². The zero-order chi connectivity index (χ0) is 9.84. The van der Waals surface area contributed by atoms with E-state index in [4.69, 9.17) is 12.2 Å². The van der Waals surface area contributed by atoms with Crippen molar-refractivity contribution in [2.24, 2.45) is 5.92 Å². The molecule has 0 nitrogen and oxygen atoms in total. The van der Waals surface area contributed by atoms with Crippen LogP contribution in [0, 0.1) is 12.8 Å². The summed E-state index contributed by atoms with van der Waals surface area (Å²) in [5.74, 6) is 0.510. The summed E-state index contributed by atoms with van der Waals surface area (Å²) in [7, 11) is 0. The van der Waals surface area contributed by atoms with Crippen LogP contribution in [0.5, 0.6) is 0 Å². The highest BCUT2D eigenvalue weighted by molar-refractivity contribution is 7.80. The molecule has 0 saturated heterocycles. The molecule has 0 heterocycles. The Kier molecular flexibility index (Phi) is 3.61. The lowest BCUT2D eigenvalue weighted by molar-refractivity contribution is 0.882. The lowest BCUT2D eigenvalue weighted by Crippen LogP contribution is -2.07. The summed E-state index contributed by atoms with van der Waals surface area (Å²) in [6.07, 6.45) is 0.938. The standard InChI is InChI=1S/C12H16S/c1-9(2)12(13)8-11-6-4-10(3)5-7-11/h4-7,9H,8H2,1-3H3. The molecular weight excluding hydrogens is 176 g/mol. The number of aryl methyl sites for hydroxylation is 1. The van der Waals surface area contributed by atoms with E-state index >= 15 is 0 Å². The van der Waals surface area contributed by atoms with Gasteiger partial charge in [-0.3, -0.25) is 0 Å². The third-order valence-corrected chi connectivity index (χ3v) is 2.76. The van der Waals surface area contributed by atoms with Gasteiger partial charge in [-0.15, -0.1) is 0 Å². The summed E-state index contributed by atoms with van der Waals surface area (Å²) < 4.78 is 0. The quantitative estimate of drug-likeness (QED) is 0.660. The van der Waals surface area contributed by atoms with Crippen molar-refractivity contribution < 1.29 is 0 Å². The summed E-state index contributed by atoms with van der Waals surface area (Å²) in [5.41, 5.74) is 2.63. The van der Waals surface area contributed by atoms with Gasteiger partial charge in [0.15, 0.2) is 0 Å². The molecule has 0 amide bonds. The van der Waals surface area contributed by atoms with Gasteiger partial charge in [-0.2, -0.15) is 0 Å². The van der Waals surface area contributed by atoms with Gasteiger partial charge in [0.1, 0.15) is 0 Å². The second kappa shape index (κ2) is 4.52. The van der Waals surface area contributed by atoms with Crippen LogP contribution in [0.2, 0.25) is 0 Å². The first-order valence-corrected chi connectivity index (χ1v) is 5.08. The minimum Gasteiger partial charge on any atom is -0.0890 e. The Bertz CT molecular complexity index is 282. The van der Waals surface area contributed by atoms with Crippen molar-refractivity contribution in [3.63, 3.8) is 0 Å². The van der Waals surface area contributed by atoms with Crippen LogP contribution in [-0.4, -0.2) is 4.86 Å². The third-order valence-electron chi connectivity index (χ3n) is 2.14. The molecule has 1 heteroatoms. The molecule has 1 rings (SSSR count). The fourth-order valence-corrected chi connectivity index (χ4v) is 1.28. The average molecular weight is 192 g/mol. The molecule has 0 unspecified atom stereocenters. The average Bonchev–Trinajstić information content (AvgIpc) is 2.08. The molecule has 0 fully saturated rings. The van der Waals surface area contributed by atoms with Crippen molar-refractivity contribution in [1.29, 1.82) is 0 Å². The molecule has 0 aliphatic heterocycles. The van der Waals surface area contributed by atoms with Crippen LogP contribution < -0.4 is 0 Å². The van der Waals surface area contributed by atoms with Crippen LogP contribution in [-0.2, 0) is 6.42 Å². The molecule has 0 saturated carbocycles. The molecule has 13 heavy (non-hydrogen) atoms. The third kappa shape index (κ3) is 3.27. The van der Waals surface area contributed by atoms with Crippen molar-refractivity contribution in [2.75, 3.05) is 0 Å². The monoisotopic (exact) mass is 192 g/mol. The minimum absolute atomic E-state index is 0.510. The van der Waals surface area contributed by atoms with Crippen LogP contribution in [0.15, 0.2) is 24.3 Å². The van der Waals surface area contributed by atoms with Gasteiger partial charge >= 0.3 is 0 Å². The largest absolute Gasteiger partial charge is 0.0890 e. The van der Waals surface area contributed by atoms with E-state index in [-0.39, 0.29) is 0 Å². The zero-order valence-electron chi connectivity index (χ0n) is 8.50. The Morgan fingerprint density at radius 1 is 1.23 bits per heavy atom. The van der Waals surface area contributed by atoms with Gasteiger partial charge in [-0.05, 0) is 23.3 Å². The first kappa shape index (κ1) is 10.4. The molecule has 0 atom stereocenters. The smallest absolute Gasteiger partial charge is 0.00408 e. The molecule has 1 aromatic carbocycles. The summed E-state index contributed by atoms with van der Waals surface area (Å²) >= 11 is 5.29. The van der Waals surface area contributed by atoms with E-state index in [0.29, 0.717) is 5.92 Å². The van der Waals surface area contributed by atoms with E-state index in [9.17, 15) is 0 Å². The summed E-state index contributed by atoms with van der Waals surface area (Å²) in [4.78, 5) is 1.14. The normalized spacial score (nSPS) is 10.5. The van der Waals surface area contributed by atoms with Gasteiger partial charge < -0.3 is 0 Å². The Morgan fingerprint density at radius 3 is 2.23 bits per heavy atom. The second-order valence-electron chi connectivity index (χ2n) is 3.78. The van der Waals surface area contributed by atoms with Crippen molar-refractivity contribution in [3.8, 4) is 0 Å². The van der Waals surface area contributed by atoms with Crippen molar-refractivity contribution in [2.45, 2.75) is 27.2 Å². The van der Waals surface area contributed by atoms with Crippen LogP contribution in [0.1, 0.15) is 25.0 Å². The lowest BCUT2D eigenvalue weighted by Gasteiger charge is -2.07. The van der Waals surface area contributed by atoms with Gasteiger partial charge in [-0.25, -0.2) is 0 Å². The van der Waals surface area contributed by atoms with Gasteiger partial charge in [0.25, 0.3) is 0 Å². The molecule has 0 aliphatic carbocycles. The molecule has 0 aliphatic rings. The summed E-state index contributed by atoms with van der Waals surface area (Å²) in [5, 5.41) is 0. The molecule has 0 bridgehead atoms. The molecule has 1 aromatic rings. The number of hydrogen-bond acceptors (Lipinski definition) is 1. The number of rotatable bonds is 3. The van der Waals surface area contributed by atoms with Crippen molar-refractivity contribution >= 4 is 17.1 Å². The van der Waals surface area contributed by atoms with E-state index in [1.807, 2.05) is 0 Å². The maximum Gasteiger partial charge on any atom is 0.00408 e. The van der Waals surface area contributed by atoms with Gasteiger partial charge in [0, 0.05) is 6.42 Å². The van der Waals surface area contributed by atoms with Crippen LogP contribution in [0.25, 0.3) is 0 Å². The first-order valence-electron chi connectivity index (χ1n) is 4.68. The molecule has 0 spiro atoms. The highest BCUT2D eigenvalue weighted by Gasteiger charge is 2.03. The summed E-state index contributed by atoms with van der Waals surface area (Å²) in [6.45, 7) is 6.40. The van der Waals surface area contributed by atoms with E-state index in [1.54, 1.807) is 0 Å². The van der Waals surface area contributed by atoms with Crippen LogP contribution in [0.3, 0.4) is 0 Å². The first-order chi connectivity index (χ1) is 6.09. The predicted octanol–water partition coefficient (Wildman–Crippen LogP) is 3.56. The second-order valence-corrected chi connectivity index (χ2v) is 4.31. The van der Waals surface area contributed by atoms with Gasteiger partial charge in [0.05, 0.1) is 0 Å². The summed E-state index contributed by atoms with van der Waals surface area (Å²) in [6, 6.07) is 8.59. The molecule has 0 aromatic heterocycles. The van der Waals surface area contributed by atoms with Crippen LogP contribution in [0.4, 0.5) is 0 Å². The number of benzene rings is 1. The Hall–Kier alpha value is -0.690. The molecular formula is C12H16S. The molecule has 0 radical (unpaired) electrons. The maximum absolute atomic E-state index is 5.29. The van der Waals surface area contributed by atoms with Crippen molar-refractivity contribution in [3.05, 3.63) is 35.4 Å². The number of thiocarbonyl (C=S) groups is 1. The Balaban J connectivity index is 2.65. The Labute approximate surface area is 86.0 Å². The number of hydrogen-bond donors (Lipinski definition) is 0. The highest BCUT2D eigenvalue weighted by atomic mass is 32.1. The van der Waals surface area contributed by atoms with Crippen molar-refractivity contribution in [1.82, 2.24) is 0 Å². The van der Waals surface area contributed by atoms with Gasteiger partial charge in [0.2, 0.25) is 0 Å². The Morgan fingerprint density at radius 2 is 1.77 bits per heavy atom. The topological polar surface area (TPSA) is 0 Å². The van der Waals surface area contributed by atoms with Gasteiger partial charge in [-0.1, -0.05) is 55.9 Å². The lowest BCUT2D eigenvalue weighted by atomic mass is 10.0. The van der Waals surface area contributed by atoms with E-state index in [0.717, 1.165) is 11.3 Å². The minimum atomic E-state index is 0.510.